The fourth-order valence-electron chi connectivity index (χ4n) is 4.54. The van der Waals surface area contributed by atoms with Gasteiger partial charge < -0.3 is 5.32 Å². The zero-order chi connectivity index (χ0) is 22.8. The molecule has 1 aliphatic heterocycles. The van der Waals surface area contributed by atoms with Crippen molar-refractivity contribution in [3.05, 3.63) is 54.3 Å². The second-order valence-electron chi connectivity index (χ2n) is 8.93. The van der Waals surface area contributed by atoms with Gasteiger partial charge in [0, 0.05) is 25.1 Å². The number of allylic oxidation sites excluding steroid dienone is 2. The van der Waals surface area contributed by atoms with Crippen LogP contribution in [0, 0.1) is 24.7 Å². The first-order valence-electron chi connectivity index (χ1n) is 11.1. The lowest BCUT2D eigenvalue weighted by Crippen LogP contribution is -2.50. The third-order valence-electron chi connectivity index (χ3n) is 6.20. The summed E-state index contributed by atoms with van der Waals surface area (Å²) in [5.74, 6) is 0.281. The number of aryl methyl sites for hydroxylation is 1. The molecule has 1 aliphatic carbocycles. The van der Waals surface area contributed by atoms with E-state index < -0.39 is 6.04 Å². The molecule has 1 N–H and O–H groups in total. The van der Waals surface area contributed by atoms with E-state index in [0.29, 0.717) is 25.1 Å². The van der Waals surface area contributed by atoms with Gasteiger partial charge in [-0.25, -0.2) is 9.97 Å². The van der Waals surface area contributed by atoms with E-state index in [2.05, 4.69) is 15.3 Å². The Labute approximate surface area is 187 Å². The van der Waals surface area contributed by atoms with Gasteiger partial charge in [0.2, 0.25) is 17.7 Å². The molecule has 32 heavy (non-hydrogen) atoms. The largest absolute Gasteiger partial charge is 0.350 e. The van der Waals surface area contributed by atoms with Crippen LogP contribution in [0.15, 0.2) is 42.9 Å². The van der Waals surface area contributed by atoms with Crippen molar-refractivity contribution in [2.45, 2.75) is 52.6 Å². The Balaban J connectivity index is 1.49. The first kappa shape index (κ1) is 21.9. The number of nitrogens with zero attached hydrogens (tertiary/aromatic N) is 4. The van der Waals surface area contributed by atoms with E-state index in [0.717, 1.165) is 11.4 Å². The van der Waals surface area contributed by atoms with Gasteiger partial charge in [-0.1, -0.05) is 26.0 Å². The molecule has 3 heterocycles. The summed E-state index contributed by atoms with van der Waals surface area (Å²) in [6, 6.07) is 2.93. The van der Waals surface area contributed by atoms with Crippen molar-refractivity contribution in [2.75, 3.05) is 0 Å². The molecule has 2 aliphatic rings. The maximum absolute atomic E-state index is 13.2. The van der Waals surface area contributed by atoms with Crippen molar-refractivity contribution < 1.29 is 14.4 Å². The van der Waals surface area contributed by atoms with Crippen LogP contribution >= 0.6 is 0 Å². The average molecular weight is 436 g/mol. The minimum absolute atomic E-state index is 0.156. The summed E-state index contributed by atoms with van der Waals surface area (Å²) in [6.07, 6.45) is 10.7. The lowest BCUT2D eigenvalue weighted by Gasteiger charge is -2.27. The predicted molar refractivity (Wildman–Crippen MR) is 118 cm³/mol. The van der Waals surface area contributed by atoms with Crippen LogP contribution in [0.1, 0.15) is 44.5 Å². The number of carbonyl (C=O) groups excluding carboxylic acids is 3. The number of pyridine rings is 1. The number of hydrogen-bond acceptors (Lipinski definition) is 5. The van der Waals surface area contributed by atoms with Crippen LogP contribution in [0.5, 0.6) is 0 Å². The van der Waals surface area contributed by atoms with Gasteiger partial charge in [0.1, 0.15) is 17.7 Å². The van der Waals surface area contributed by atoms with E-state index in [1.54, 1.807) is 12.4 Å². The Bertz CT molecular complexity index is 1030. The van der Waals surface area contributed by atoms with E-state index in [9.17, 15) is 14.4 Å². The highest BCUT2D eigenvalue weighted by molar-refractivity contribution is 6.08. The van der Waals surface area contributed by atoms with Crippen molar-refractivity contribution in [3.63, 3.8) is 0 Å². The van der Waals surface area contributed by atoms with Crippen LogP contribution in [0.3, 0.4) is 0 Å². The minimum Gasteiger partial charge on any atom is -0.350 e. The number of fused-ring (bicyclic) bond motifs is 1. The zero-order valence-corrected chi connectivity index (χ0v) is 18.7. The molecule has 0 spiro atoms. The van der Waals surface area contributed by atoms with Gasteiger partial charge in [-0.2, -0.15) is 0 Å². The topological polar surface area (TPSA) is 97.2 Å². The fourth-order valence-corrected chi connectivity index (χ4v) is 4.54. The molecule has 2 aromatic heterocycles. The van der Waals surface area contributed by atoms with Gasteiger partial charge in [-0.05, 0) is 49.8 Å². The lowest BCUT2D eigenvalue weighted by atomic mass is 9.85. The van der Waals surface area contributed by atoms with E-state index in [1.807, 2.05) is 55.8 Å². The van der Waals surface area contributed by atoms with E-state index >= 15 is 0 Å². The minimum atomic E-state index is -0.794. The number of rotatable bonds is 7. The molecular weight excluding hydrogens is 406 g/mol. The van der Waals surface area contributed by atoms with E-state index in [1.165, 1.54) is 4.90 Å². The van der Waals surface area contributed by atoms with Gasteiger partial charge >= 0.3 is 0 Å². The van der Waals surface area contributed by atoms with Crippen molar-refractivity contribution in [2.24, 2.45) is 17.8 Å². The molecule has 4 rings (SSSR count). The summed E-state index contributed by atoms with van der Waals surface area (Å²) in [7, 11) is 0. The fraction of sp³-hybridized carbons (Fsp3) is 0.458. The van der Waals surface area contributed by atoms with Crippen LogP contribution in [0.2, 0.25) is 0 Å². The highest BCUT2D eigenvalue weighted by Gasteiger charge is 2.51. The number of hydrogen-bond donors (Lipinski definition) is 1. The zero-order valence-electron chi connectivity index (χ0n) is 18.7. The second kappa shape index (κ2) is 9.06. The van der Waals surface area contributed by atoms with Crippen LogP contribution in [-0.4, -0.2) is 43.2 Å². The molecule has 3 amide bonds. The molecule has 2 aromatic rings. The quantitative estimate of drug-likeness (QED) is 0.533. The van der Waals surface area contributed by atoms with Crippen LogP contribution < -0.4 is 5.32 Å². The highest BCUT2D eigenvalue weighted by Crippen LogP contribution is 2.37. The summed E-state index contributed by atoms with van der Waals surface area (Å²) in [6.45, 7) is 6.15. The molecule has 0 aromatic carbocycles. The molecule has 0 saturated carbocycles. The average Bonchev–Trinajstić information content (AvgIpc) is 3.32. The monoisotopic (exact) mass is 435 g/mol. The van der Waals surface area contributed by atoms with Crippen molar-refractivity contribution in [1.82, 2.24) is 24.8 Å². The summed E-state index contributed by atoms with van der Waals surface area (Å²) < 4.78 is 1.87. The van der Waals surface area contributed by atoms with Gasteiger partial charge in [0.25, 0.3) is 0 Å². The molecule has 3 atom stereocenters. The Hall–Kier alpha value is -3.29. The first-order chi connectivity index (χ1) is 15.4. The maximum atomic E-state index is 13.2. The number of imidazole rings is 1. The number of carbonyl (C=O) groups is 3. The van der Waals surface area contributed by atoms with Gasteiger partial charge in [-0.3, -0.25) is 23.9 Å². The first-order valence-corrected chi connectivity index (χ1v) is 11.1. The third kappa shape index (κ3) is 4.22. The van der Waals surface area contributed by atoms with Crippen LogP contribution in [0.4, 0.5) is 0 Å². The van der Waals surface area contributed by atoms with E-state index in [4.69, 9.17) is 0 Å². The molecule has 0 radical (unpaired) electrons. The van der Waals surface area contributed by atoms with Crippen LogP contribution in [0.25, 0.3) is 5.82 Å². The standard InChI is InChI=1S/C24H29N5O3/c1-15(2)12-20(29-23(31)18-6-4-5-7-19(18)24(29)32)22(30)27-14-17-8-9-26-21(13-17)28-11-10-25-16(28)3/h4-5,8-11,13,15,18-20H,6-7,12,14H2,1-3H3,(H,27,30)/t18-,19-,20-/m0/s1. The molecule has 1 fully saturated rings. The number of aromatic nitrogens is 3. The van der Waals surface area contributed by atoms with Crippen molar-refractivity contribution >= 4 is 17.7 Å². The Morgan fingerprint density at radius 3 is 2.41 bits per heavy atom. The Morgan fingerprint density at radius 2 is 1.81 bits per heavy atom. The summed E-state index contributed by atoms with van der Waals surface area (Å²) in [5.41, 5.74) is 0.872. The SMILES string of the molecule is Cc1nccn1-c1cc(CNC(=O)[C@H](CC(C)C)N2C(=O)[C@H]3CC=CC[C@@H]3C2=O)ccn1. The summed E-state index contributed by atoms with van der Waals surface area (Å²) >= 11 is 0. The number of nitrogens with one attached hydrogen (secondary N) is 1. The maximum Gasteiger partial charge on any atom is 0.243 e. The van der Waals surface area contributed by atoms with Gasteiger partial charge in [0.15, 0.2) is 0 Å². The molecule has 168 valence electrons. The molecule has 1 saturated heterocycles. The Kier molecular flexibility index (Phi) is 6.21. The predicted octanol–water partition coefficient (Wildman–Crippen LogP) is 2.56. The molecule has 0 bridgehead atoms. The van der Waals surface area contributed by atoms with Gasteiger partial charge in [-0.15, -0.1) is 0 Å². The summed E-state index contributed by atoms with van der Waals surface area (Å²) in [5, 5.41) is 2.94. The smallest absolute Gasteiger partial charge is 0.243 e. The van der Waals surface area contributed by atoms with Crippen LogP contribution in [-0.2, 0) is 20.9 Å². The normalized spacial score (nSPS) is 21.2. The lowest BCUT2D eigenvalue weighted by molar-refractivity contribution is -0.148. The highest BCUT2D eigenvalue weighted by atomic mass is 16.2. The second-order valence-corrected chi connectivity index (χ2v) is 8.93. The molecule has 8 heteroatoms. The Morgan fingerprint density at radius 1 is 1.12 bits per heavy atom. The number of likely N-dealkylation sites (tertiary alicyclic amines) is 1. The van der Waals surface area contributed by atoms with Crippen molar-refractivity contribution in [3.8, 4) is 5.82 Å². The number of amides is 3. The molecular formula is C24H29N5O3. The van der Waals surface area contributed by atoms with E-state index in [-0.39, 0.29) is 42.0 Å². The number of imide groups is 1. The molecule has 8 nitrogen and oxygen atoms in total. The summed E-state index contributed by atoms with van der Waals surface area (Å²) in [4.78, 5) is 49.1. The van der Waals surface area contributed by atoms with Crippen molar-refractivity contribution in [1.29, 1.82) is 0 Å². The van der Waals surface area contributed by atoms with Gasteiger partial charge in [0.05, 0.1) is 11.8 Å². The molecule has 0 unspecified atom stereocenters. The third-order valence-corrected chi connectivity index (χ3v) is 6.20.